The zero-order chi connectivity index (χ0) is 18.0. The van der Waals surface area contributed by atoms with Gasteiger partial charge in [0.2, 0.25) is 0 Å². The second kappa shape index (κ2) is 7.58. The fraction of sp³-hybridized carbons (Fsp3) is 0.263. The van der Waals surface area contributed by atoms with Gasteiger partial charge in [-0.2, -0.15) is 0 Å². The van der Waals surface area contributed by atoms with Crippen LogP contribution in [0.1, 0.15) is 23.5 Å². The van der Waals surface area contributed by atoms with Crippen LogP contribution in [0.2, 0.25) is 5.02 Å². The molecule has 4 nitrogen and oxygen atoms in total. The molecular formula is C19H17BrClNO3. The van der Waals surface area contributed by atoms with Crippen molar-refractivity contribution in [2.24, 2.45) is 5.92 Å². The molecule has 1 fully saturated rings. The van der Waals surface area contributed by atoms with Gasteiger partial charge in [-0.1, -0.05) is 45.7 Å². The summed E-state index contributed by atoms with van der Waals surface area (Å²) in [5.41, 5.74) is 2.62. The number of esters is 1. The van der Waals surface area contributed by atoms with E-state index in [9.17, 15) is 9.59 Å². The van der Waals surface area contributed by atoms with E-state index in [0.717, 1.165) is 22.0 Å². The van der Waals surface area contributed by atoms with Gasteiger partial charge in [0, 0.05) is 4.47 Å². The molecule has 1 aliphatic rings. The van der Waals surface area contributed by atoms with Crippen LogP contribution in [0.3, 0.4) is 0 Å². The van der Waals surface area contributed by atoms with Gasteiger partial charge in [0.05, 0.1) is 16.6 Å². The lowest BCUT2D eigenvalue weighted by atomic mass is 10.1. The predicted octanol–water partition coefficient (Wildman–Crippen LogP) is 4.70. The van der Waals surface area contributed by atoms with Crippen molar-refractivity contribution in [2.75, 3.05) is 11.9 Å². The molecule has 25 heavy (non-hydrogen) atoms. The number of rotatable bonds is 5. The monoisotopic (exact) mass is 421 g/mol. The molecule has 0 aromatic heterocycles. The molecule has 1 saturated carbocycles. The van der Waals surface area contributed by atoms with Gasteiger partial charge in [0.15, 0.2) is 6.61 Å². The van der Waals surface area contributed by atoms with Gasteiger partial charge < -0.3 is 10.1 Å². The van der Waals surface area contributed by atoms with E-state index in [1.807, 2.05) is 37.3 Å². The lowest BCUT2D eigenvalue weighted by Crippen LogP contribution is -2.22. The van der Waals surface area contributed by atoms with Crippen molar-refractivity contribution in [3.8, 4) is 0 Å². The summed E-state index contributed by atoms with van der Waals surface area (Å²) in [6, 6.07) is 13.2. The molecule has 2 aromatic rings. The number of carbonyl (C=O) groups is 2. The minimum absolute atomic E-state index is 0.170. The molecule has 1 N–H and O–H groups in total. The van der Waals surface area contributed by atoms with E-state index in [-0.39, 0.29) is 24.4 Å². The maximum absolute atomic E-state index is 12.1. The summed E-state index contributed by atoms with van der Waals surface area (Å²) >= 11 is 9.46. The Hall–Kier alpha value is -1.85. The fourth-order valence-corrected chi connectivity index (χ4v) is 3.23. The van der Waals surface area contributed by atoms with Crippen molar-refractivity contribution in [1.82, 2.24) is 0 Å². The third kappa shape index (κ3) is 4.61. The summed E-state index contributed by atoms with van der Waals surface area (Å²) in [7, 11) is 0. The number of ether oxygens (including phenoxy) is 1. The number of anilines is 1. The Morgan fingerprint density at radius 2 is 1.96 bits per heavy atom. The quantitative estimate of drug-likeness (QED) is 0.711. The van der Waals surface area contributed by atoms with Crippen molar-refractivity contribution in [2.45, 2.75) is 19.3 Å². The third-order valence-electron chi connectivity index (χ3n) is 4.14. The van der Waals surface area contributed by atoms with Gasteiger partial charge in [0.1, 0.15) is 0 Å². The zero-order valence-corrected chi connectivity index (χ0v) is 15.9. The molecule has 0 unspecified atom stereocenters. The molecule has 1 aliphatic carbocycles. The number of nitrogens with one attached hydrogen (secondary N) is 1. The smallest absolute Gasteiger partial charge is 0.310 e. The first-order valence-corrected chi connectivity index (χ1v) is 9.09. The van der Waals surface area contributed by atoms with Crippen molar-refractivity contribution in [1.29, 1.82) is 0 Å². The van der Waals surface area contributed by atoms with Crippen molar-refractivity contribution in [3.63, 3.8) is 0 Å². The Bertz CT molecular complexity index is 807. The maximum atomic E-state index is 12.1. The highest BCUT2D eigenvalue weighted by Gasteiger charge is 2.45. The normalized spacial score (nSPS) is 18.5. The van der Waals surface area contributed by atoms with Crippen LogP contribution in [0.15, 0.2) is 46.9 Å². The third-order valence-corrected chi connectivity index (χ3v) is 4.98. The maximum Gasteiger partial charge on any atom is 0.310 e. The van der Waals surface area contributed by atoms with Gasteiger partial charge in [-0.3, -0.25) is 9.59 Å². The molecule has 0 spiro atoms. The molecule has 1 amide bonds. The van der Waals surface area contributed by atoms with E-state index < -0.39 is 5.91 Å². The van der Waals surface area contributed by atoms with Gasteiger partial charge in [-0.05, 0) is 54.7 Å². The van der Waals surface area contributed by atoms with Crippen molar-refractivity contribution >= 4 is 45.1 Å². The SMILES string of the molecule is Cc1ccc(NC(=O)COC(=O)[C@@H]2C[C@H]2c2ccc(Br)cc2)c(Cl)c1. The second-order valence-corrected chi connectivity index (χ2v) is 7.46. The Labute approximate surface area is 159 Å². The minimum atomic E-state index is -0.403. The fourth-order valence-electron chi connectivity index (χ4n) is 2.69. The van der Waals surface area contributed by atoms with Crippen LogP contribution in [0.4, 0.5) is 5.69 Å². The number of carbonyl (C=O) groups excluding carboxylic acids is 2. The van der Waals surface area contributed by atoms with Gasteiger partial charge in [0.25, 0.3) is 5.91 Å². The summed E-state index contributed by atoms with van der Waals surface area (Å²) in [5.74, 6) is -0.731. The molecule has 0 bridgehead atoms. The molecule has 6 heteroatoms. The number of halogens is 2. The topological polar surface area (TPSA) is 55.4 Å². The summed E-state index contributed by atoms with van der Waals surface area (Å²) in [5, 5.41) is 3.10. The average Bonchev–Trinajstić information content (AvgIpc) is 3.37. The van der Waals surface area contributed by atoms with Gasteiger partial charge in [-0.15, -0.1) is 0 Å². The van der Waals surface area contributed by atoms with Gasteiger partial charge >= 0.3 is 5.97 Å². The van der Waals surface area contributed by atoms with E-state index in [1.165, 1.54) is 0 Å². The Morgan fingerprint density at radius 1 is 1.24 bits per heavy atom. The van der Waals surface area contributed by atoms with Crippen LogP contribution < -0.4 is 5.32 Å². The van der Waals surface area contributed by atoms with Crippen molar-refractivity contribution < 1.29 is 14.3 Å². The highest BCUT2D eigenvalue weighted by Crippen LogP contribution is 2.48. The average molecular weight is 423 g/mol. The first-order valence-electron chi connectivity index (χ1n) is 7.92. The zero-order valence-electron chi connectivity index (χ0n) is 13.6. The summed E-state index contributed by atoms with van der Waals surface area (Å²) in [6.45, 7) is 1.60. The standard InChI is InChI=1S/C19H17BrClNO3/c1-11-2-7-17(16(21)8-11)22-18(23)10-25-19(24)15-9-14(15)12-3-5-13(20)6-4-12/h2-8,14-15H,9-10H2,1H3,(H,22,23)/t14-,15+/m0/s1. The molecule has 3 rings (SSSR count). The summed E-state index contributed by atoms with van der Waals surface area (Å²) in [6.07, 6.45) is 0.756. The molecule has 130 valence electrons. The highest BCUT2D eigenvalue weighted by molar-refractivity contribution is 9.10. The largest absolute Gasteiger partial charge is 0.455 e. The molecule has 0 aliphatic heterocycles. The molecule has 0 saturated heterocycles. The molecule has 0 heterocycles. The van der Waals surface area contributed by atoms with Crippen LogP contribution in [-0.2, 0) is 14.3 Å². The van der Waals surface area contributed by atoms with E-state index in [2.05, 4.69) is 21.2 Å². The lowest BCUT2D eigenvalue weighted by Gasteiger charge is -2.08. The van der Waals surface area contributed by atoms with E-state index in [1.54, 1.807) is 12.1 Å². The number of amides is 1. The van der Waals surface area contributed by atoms with Crippen LogP contribution in [0.5, 0.6) is 0 Å². The lowest BCUT2D eigenvalue weighted by molar-refractivity contribution is -0.148. The first kappa shape index (κ1) is 18.0. The van der Waals surface area contributed by atoms with E-state index in [0.29, 0.717) is 10.7 Å². The number of hydrogen-bond acceptors (Lipinski definition) is 3. The number of hydrogen-bond donors (Lipinski definition) is 1. The number of benzene rings is 2. The second-order valence-electron chi connectivity index (χ2n) is 6.14. The van der Waals surface area contributed by atoms with Crippen LogP contribution in [-0.4, -0.2) is 18.5 Å². The summed E-state index contributed by atoms with van der Waals surface area (Å²) in [4.78, 5) is 24.0. The summed E-state index contributed by atoms with van der Waals surface area (Å²) < 4.78 is 6.14. The van der Waals surface area contributed by atoms with E-state index >= 15 is 0 Å². The first-order chi connectivity index (χ1) is 11.9. The Balaban J connectivity index is 1.48. The van der Waals surface area contributed by atoms with Crippen molar-refractivity contribution in [3.05, 3.63) is 63.1 Å². The Kier molecular flexibility index (Phi) is 5.45. The van der Waals surface area contributed by atoms with Crippen LogP contribution >= 0.6 is 27.5 Å². The molecule has 2 aromatic carbocycles. The van der Waals surface area contributed by atoms with Crippen LogP contribution in [0, 0.1) is 12.8 Å². The number of aryl methyl sites for hydroxylation is 1. The molecule has 0 radical (unpaired) electrons. The minimum Gasteiger partial charge on any atom is -0.455 e. The molecular weight excluding hydrogens is 406 g/mol. The predicted molar refractivity (Wildman–Crippen MR) is 101 cm³/mol. The Morgan fingerprint density at radius 3 is 2.64 bits per heavy atom. The van der Waals surface area contributed by atoms with E-state index in [4.69, 9.17) is 16.3 Å². The highest BCUT2D eigenvalue weighted by atomic mass is 79.9. The van der Waals surface area contributed by atoms with Gasteiger partial charge in [-0.25, -0.2) is 0 Å². The van der Waals surface area contributed by atoms with Crippen LogP contribution in [0.25, 0.3) is 0 Å². The molecule has 2 atom stereocenters.